The first kappa shape index (κ1) is 17.0. The molecule has 0 aromatic heterocycles. The molecule has 4 heteroatoms. The molecule has 1 aromatic carbocycles. The Morgan fingerprint density at radius 3 is 2.20 bits per heavy atom. The molecular formula is C16H24F3N. The van der Waals surface area contributed by atoms with Crippen molar-refractivity contribution in [2.75, 3.05) is 6.54 Å². The van der Waals surface area contributed by atoms with Crippen molar-refractivity contribution in [3.8, 4) is 0 Å². The summed E-state index contributed by atoms with van der Waals surface area (Å²) >= 11 is 0. The van der Waals surface area contributed by atoms with E-state index in [9.17, 15) is 13.2 Å². The van der Waals surface area contributed by atoms with Crippen molar-refractivity contribution in [1.82, 2.24) is 5.32 Å². The standard InChI is InChI=1S/C16H24F3N/c1-5-20-14(10-11-15(2,3)4)12-8-6-7-9-13(12)16(17,18)19/h6-9,14,20H,5,10-11H2,1-4H3. The summed E-state index contributed by atoms with van der Waals surface area (Å²) in [7, 11) is 0. The maximum Gasteiger partial charge on any atom is 0.416 e. The summed E-state index contributed by atoms with van der Waals surface area (Å²) < 4.78 is 39.3. The molecule has 0 aliphatic carbocycles. The van der Waals surface area contributed by atoms with E-state index in [4.69, 9.17) is 0 Å². The Bertz CT molecular complexity index is 418. The molecule has 0 radical (unpaired) electrons. The second-order valence-corrected chi connectivity index (χ2v) is 6.29. The number of halogens is 3. The van der Waals surface area contributed by atoms with Gasteiger partial charge in [0, 0.05) is 6.04 Å². The van der Waals surface area contributed by atoms with Crippen molar-refractivity contribution >= 4 is 0 Å². The molecule has 1 nitrogen and oxygen atoms in total. The zero-order chi connectivity index (χ0) is 15.4. The number of alkyl halides is 3. The van der Waals surface area contributed by atoms with Crippen LogP contribution in [-0.4, -0.2) is 6.54 Å². The maximum atomic E-state index is 13.1. The average molecular weight is 287 g/mol. The van der Waals surface area contributed by atoms with E-state index in [0.717, 1.165) is 12.5 Å². The zero-order valence-electron chi connectivity index (χ0n) is 12.6. The monoisotopic (exact) mass is 287 g/mol. The van der Waals surface area contributed by atoms with Crippen LogP contribution in [0.25, 0.3) is 0 Å². The lowest BCUT2D eigenvalue weighted by Gasteiger charge is -2.26. The molecule has 1 rings (SSSR count). The Morgan fingerprint density at radius 2 is 1.70 bits per heavy atom. The third kappa shape index (κ3) is 5.16. The smallest absolute Gasteiger partial charge is 0.310 e. The quantitative estimate of drug-likeness (QED) is 0.786. The van der Waals surface area contributed by atoms with Gasteiger partial charge in [-0.3, -0.25) is 0 Å². The Hall–Kier alpha value is -1.03. The first-order valence-corrected chi connectivity index (χ1v) is 7.04. The lowest BCUT2D eigenvalue weighted by molar-refractivity contribution is -0.138. The van der Waals surface area contributed by atoms with E-state index in [1.165, 1.54) is 6.07 Å². The lowest BCUT2D eigenvalue weighted by Crippen LogP contribution is -2.25. The third-order valence-corrected chi connectivity index (χ3v) is 3.28. The molecule has 0 heterocycles. The van der Waals surface area contributed by atoms with Gasteiger partial charge in [-0.25, -0.2) is 0 Å². The Morgan fingerprint density at radius 1 is 1.10 bits per heavy atom. The lowest BCUT2D eigenvalue weighted by atomic mass is 9.86. The van der Waals surface area contributed by atoms with E-state index in [1.54, 1.807) is 12.1 Å². The van der Waals surface area contributed by atoms with Crippen molar-refractivity contribution < 1.29 is 13.2 Å². The minimum absolute atomic E-state index is 0.112. The molecule has 0 aliphatic heterocycles. The molecule has 0 saturated carbocycles. The van der Waals surface area contributed by atoms with Crippen LogP contribution in [0.4, 0.5) is 13.2 Å². The van der Waals surface area contributed by atoms with Crippen molar-refractivity contribution in [2.24, 2.45) is 5.41 Å². The van der Waals surface area contributed by atoms with Gasteiger partial charge < -0.3 is 5.32 Å². The molecule has 20 heavy (non-hydrogen) atoms. The fraction of sp³-hybridized carbons (Fsp3) is 0.625. The Balaban J connectivity index is 3.03. The van der Waals surface area contributed by atoms with Crippen molar-refractivity contribution in [1.29, 1.82) is 0 Å². The summed E-state index contributed by atoms with van der Waals surface area (Å²) in [5.74, 6) is 0. The number of rotatable bonds is 5. The maximum absolute atomic E-state index is 13.1. The van der Waals surface area contributed by atoms with E-state index >= 15 is 0 Å². The van der Waals surface area contributed by atoms with Gasteiger partial charge in [-0.2, -0.15) is 13.2 Å². The molecule has 0 bridgehead atoms. The molecule has 0 aliphatic rings. The van der Waals surface area contributed by atoms with Crippen LogP contribution in [-0.2, 0) is 6.18 Å². The minimum Gasteiger partial charge on any atom is -0.310 e. The molecule has 1 atom stereocenters. The van der Waals surface area contributed by atoms with Crippen LogP contribution < -0.4 is 5.32 Å². The normalized spacial score (nSPS) is 14.3. The highest BCUT2D eigenvalue weighted by atomic mass is 19.4. The minimum atomic E-state index is -4.30. The van der Waals surface area contributed by atoms with Crippen molar-refractivity contribution in [3.63, 3.8) is 0 Å². The predicted octanol–water partition coefficient (Wildman–Crippen LogP) is 5.18. The molecule has 114 valence electrons. The van der Waals surface area contributed by atoms with E-state index < -0.39 is 11.7 Å². The zero-order valence-corrected chi connectivity index (χ0v) is 12.6. The van der Waals surface area contributed by atoms with Crippen molar-refractivity contribution in [3.05, 3.63) is 35.4 Å². The number of nitrogens with one attached hydrogen (secondary N) is 1. The van der Waals surface area contributed by atoms with Crippen LogP contribution in [0.2, 0.25) is 0 Å². The molecule has 1 aromatic rings. The highest BCUT2D eigenvalue weighted by Gasteiger charge is 2.34. The number of hydrogen-bond donors (Lipinski definition) is 1. The van der Waals surface area contributed by atoms with Crippen LogP contribution in [0.1, 0.15) is 57.7 Å². The summed E-state index contributed by atoms with van der Waals surface area (Å²) in [6.07, 6.45) is -2.73. The molecule has 0 amide bonds. The van der Waals surface area contributed by atoms with Gasteiger partial charge in [0.1, 0.15) is 0 Å². The molecule has 0 fully saturated rings. The number of hydrogen-bond acceptors (Lipinski definition) is 1. The SMILES string of the molecule is CCNC(CCC(C)(C)C)c1ccccc1C(F)(F)F. The van der Waals surface area contributed by atoms with E-state index in [1.807, 2.05) is 6.92 Å². The van der Waals surface area contributed by atoms with Gasteiger partial charge in [-0.05, 0) is 36.4 Å². The van der Waals surface area contributed by atoms with E-state index in [0.29, 0.717) is 18.5 Å². The second-order valence-electron chi connectivity index (χ2n) is 6.29. The summed E-state index contributed by atoms with van der Waals surface area (Å²) in [5.41, 5.74) is -0.0631. The average Bonchev–Trinajstić information content (AvgIpc) is 2.32. The molecular weight excluding hydrogens is 263 g/mol. The summed E-state index contributed by atoms with van der Waals surface area (Å²) in [6, 6.07) is 5.61. The summed E-state index contributed by atoms with van der Waals surface area (Å²) in [6.45, 7) is 8.88. The van der Waals surface area contributed by atoms with E-state index in [-0.39, 0.29) is 11.5 Å². The van der Waals surface area contributed by atoms with Crippen LogP contribution in [0.15, 0.2) is 24.3 Å². The van der Waals surface area contributed by atoms with Gasteiger partial charge in [0.25, 0.3) is 0 Å². The summed E-state index contributed by atoms with van der Waals surface area (Å²) in [4.78, 5) is 0. The Labute approximate surface area is 119 Å². The van der Waals surface area contributed by atoms with Crippen LogP contribution in [0.3, 0.4) is 0 Å². The fourth-order valence-corrected chi connectivity index (χ4v) is 2.25. The second kappa shape index (κ2) is 6.61. The topological polar surface area (TPSA) is 12.0 Å². The molecule has 0 spiro atoms. The van der Waals surface area contributed by atoms with Gasteiger partial charge >= 0.3 is 6.18 Å². The molecule has 0 saturated heterocycles. The largest absolute Gasteiger partial charge is 0.416 e. The highest BCUT2D eigenvalue weighted by molar-refractivity contribution is 5.32. The van der Waals surface area contributed by atoms with Gasteiger partial charge in [-0.1, -0.05) is 45.9 Å². The van der Waals surface area contributed by atoms with Gasteiger partial charge in [0.2, 0.25) is 0 Å². The third-order valence-electron chi connectivity index (χ3n) is 3.28. The predicted molar refractivity (Wildman–Crippen MR) is 76.6 cm³/mol. The fourth-order valence-electron chi connectivity index (χ4n) is 2.25. The summed E-state index contributed by atoms with van der Waals surface area (Å²) in [5, 5.41) is 3.18. The van der Waals surface area contributed by atoms with Crippen LogP contribution >= 0.6 is 0 Å². The highest BCUT2D eigenvalue weighted by Crippen LogP contribution is 2.36. The first-order chi connectivity index (χ1) is 9.15. The molecule has 1 unspecified atom stereocenters. The molecule has 1 N–H and O–H groups in total. The van der Waals surface area contributed by atoms with Gasteiger partial charge in [0.05, 0.1) is 5.56 Å². The van der Waals surface area contributed by atoms with Crippen LogP contribution in [0, 0.1) is 5.41 Å². The van der Waals surface area contributed by atoms with Gasteiger partial charge in [-0.15, -0.1) is 0 Å². The Kier molecular flexibility index (Phi) is 5.63. The van der Waals surface area contributed by atoms with Crippen molar-refractivity contribution in [2.45, 2.75) is 52.8 Å². The first-order valence-electron chi connectivity index (χ1n) is 7.04. The van der Waals surface area contributed by atoms with Crippen LogP contribution in [0.5, 0.6) is 0 Å². The van der Waals surface area contributed by atoms with E-state index in [2.05, 4.69) is 26.1 Å². The van der Waals surface area contributed by atoms with Gasteiger partial charge in [0.15, 0.2) is 0 Å². The number of benzene rings is 1.